The average molecular weight is 328 g/mol. The Morgan fingerprint density at radius 3 is 2.58 bits per heavy atom. The molecule has 1 aliphatic rings. The van der Waals surface area contributed by atoms with Crippen molar-refractivity contribution in [3.63, 3.8) is 0 Å². The van der Waals surface area contributed by atoms with Gasteiger partial charge >= 0.3 is 5.97 Å². The maximum absolute atomic E-state index is 12.7. The number of fused-ring (bicyclic) bond motifs is 1. The standard InChI is InChI=1S/C18H16O6/c1-10(19)18(12-7-8-13(20)15(21)16(12)23-2)9-11-5-3-4-6-14(11)24-17(18)22/h3-8,20-21H,9H2,1-2H3. The zero-order valence-corrected chi connectivity index (χ0v) is 13.2. The monoisotopic (exact) mass is 328 g/mol. The molecule has 0 saturated heterocycles. The maximum Gasteiger partial charge on any atom is 0.330 e. The lowest BCUT2D eigenvalue weighted by Crippen LogP contribution is -2.49. The number of phenolic OH excluding ortho intramolecular Hbond substituents is 2. The minimum atomic E-state index is -1.65. The fourth-order valence-electron chi connectivity index (χ4n) is 3.06. The normalized spacial score (nSPS) is 19.3. The number of hydrogen-bond donors (Lipinski definition) is 2. The molecule has 2 aromatic rings. The van der Waals surface area contributed by atoms with Gasteiger partial charge in [-0.2, -0.15) is 0 Å². The van der Waals surface area contributed by atoms with Gasteiger partial charge in [0.25, 0.3) is 0 Å². The summed E-state index contributed by atoms with van der Waals surface area (Å²) < 4.78 is 10.5. The summed E-state index contributed by atoms with van der Waals surface area (Å²) in [6, 6.07) is 9.55. The molecular formula is C18H16O6. The van der Waals surface area contributed by atoms with Gasteiger partial charge in [-0.3, -0.25) is 9.59 Å². The molecule has 1 heterocycles. The van der Waals surface area contributed by atoms with Crippen LogP contribution in [-0.2, 0) is 21.4 Å². The van der Waals surface area contributed by atoms with E-state index in [1.807, 2.05) is 0 Å². The number of carbonyl (C=O) groups is 2. The average Bonchev–Trinajstić information content (AvgIpc) is 2.56. The molecule has 6 heteroatoms. The molecule has 0 fully saturated rings. The molecule has 0 amide bonds. The summed E-state index contributed by atoms with van der Waals surface area (Å²) in [6.45, 7) is 1.29. The second kappa shape index (κ2) is 5.56. The lowest BCUT2D eigenvalue weighted by molar-refractivity contribution is -0.147. The molecule has 1 atom stereocenters. The highest BCUT2D eigenvalue weighted by molar-refractivity contribution is 6.11. The van der Waals surface area contributed by atoms with Crippen LogP contribution in [0.4, 0.5) is 0 Å². The van der Waals surface area contributed by atoms with Crippen molar-refractivity contribution in [2.24, 2.45) is 0 Å². The topological polar surface area (TPSA) is 93.1 Å². The molecule has 0 spiro atoms. The third-order valence-corrected chi connectivity index (χ3v) is 4.35. The van der Waals surface area contributed by atoms with Crippen molar-refractivity contribution in [1.29, 1.82) is 0 Å². The van der Waals surface area contributed by atoms with Crippen LogP contribution in [0.5, 0.6) is 23.0 Å². The van der Waals surface area contributed by atoms with Gasteiger partial charge in [0.15, 0.2) is 22.7 Å². The Kier molecular flexibility index (Phi) is 3.67. The molecule has 3 rings (SSSR count). The number of para-hydroxylation sites is 1. The molecule has 0 aliphatic carbocycles. The van der Waals surface area contributed by atoms with Crippen LogP contribution in [0, 0.1) is 0 Å². The van der Waals surface area contributed by atoms with E-state index in [-0.39, 0.29) is 17.7 Å². The Bertz CT molecular complexity index is 841. The third kappa shape index (κ3) is 2.11. The summed E-state index contributed by atoms with van der Waals surface area (Å²) >= 11 is 0. The second-order valence-electron chi connectivity index (χ2n) is 5.65. The van der Waals surface area contributed by atoms with Crippen molar-refractivity contribution >= 4 is 11.8 Å². The number of ketones is 1. The SMILES string of the molecule is COc1c(C2(C(C)=O)Cc3ccccc3OC2=O)ccc(O)c1O. The van der Waals surface area contributed by atoms with E-state index in [0.717, 1.165) is 0 Å². The van der Waals surface area contributed by atoms with Crippen molar-refractivity contribution in [1.82, 2.24) is 0 Å². The molecule has 2 aromatic carbocycles. The minimum absolute atomic E-state index is 0.0813. The van der Waals surface area contributed by atoms with Gasteiger partial charge in [0.1, 0.15) is 5.75 Å². The van der Waals surface area contributed by atoms with Crippen molar-refractivity contribution in [2.75, 3.05) is 7.11 Å². The smallest absolute Gasteiger partial charge is 0.330 e. The quantitative estimate of drug-likeness (QED) is 0.388. The Balaban J connectivity index is 2.27. The van der Waals surface area contributed by atoms with Crippen LogP contribution < -0.4 is 9.47 Å². The number of aromatic hydroxyl groups is 2. The number of rotatable bonds is 3. The van der Waals surface area contributed by atoms with Crippen molar-refractivity contribution in [2.45, 2.75) is 18.8 Å². The van der Waals surface area contributed by atoms with Gasteiger partial charge in [-0.25, -0.2) is 0 Å². The van der Waals surface area contributed by atoms with Gasteiger partial charge in [-0.15, -0.1) is 0 Å². The fourth-order valence-corrected chi connectivity index (χ4v) is 3.06. The predicted octanol–water partition coefficient (Wildman–Crippen LogP) is 2.09. The molecule has 1 aliphatic heterocycles. The number of hydrogen-bond acceptors (Lipinski definition) is 6. The Labute approximate surface area is 138 Å². The summed E-state index contributed by atoms with van der Waals surface area (Å²) in [4.78, 5) is 25.2. The lowest BCUT2D eigenvalue weighted by atomic mass is 9.71. The Hall–Kier alpha value is -3.02. The van der Waals surface area contributed by atoms with Crippen molar-refractivity contribution < 1.29 is 29.3 Å². The Morgan fingerprint density at radius 2 is 1.92 bits per heavy atom. The summed E-state index contributed by atoms with van der Waals surface area (Å²) in [5, 5.41) is 19.7. The summed E-state index contributed by atoms with van der Waals surface area (Å²) in [6.07, 6.45) is 0.0813. The molecule has 24 heavy (non-hydrogen) atoms. The van der Waals surface area contributed by atoms with E-state index in [2.05, 4.69) is 0 Å². The van der Waals surface area contributed by atoms with Crippen molar-refractivity contribution in [3.8, 4) is 23.0 Å². The van der Waals surface area contributed by atoms with Crippen molar-refractivity contribution in [3.05, 3.63) is 47.5 Å². The highest BCUT2D eigenvalue weighted by atomic mass is 16.5. The molecule has 0 saturated carbocycles. The van der Waals surface area contributed by atoms with Crippen LogP contribution in [0.2, 0.25) is 0 Å². The zero-order valence-electron chi connectivity index (χ0n) is 13.2. The Morgan fingerprint density at radius 1 is 1.21 bits per heavy atom. The number of esters is 1. The third-order valence-electron chi connectivity index (χ3n) is 4.35. The van der Waals surface area contributed by atoms with E-state index < -0.39 is 28.7 Å². The predicted molar refractivity (Wildman–Crippen MR) is 84.5 cm³/mol. The van der Waals surface area contributed by atoms with E-state index in [0.29, 0.717) is 11.3 Å². The number of benzene rings is 2. The van der Waals surface area contributed by atoms with Gasteiger partial charge in [0.2, 0.25) is 5.75 Å². The van der Waals surface area contributed by atoms with Gasteiger partial charge in [-0.1, -0.05) is 18.2 Å². The largest absolute Gasteiger partial charge is 0.504 e. The second-order valence-corrected chi connectivity index (χ2v) is 5.65. The van der Waals surface area contributed by atoms with Crippen LogP contribution in [-0.4, -0.2) is 29.1 Å². The van der Waals surface area contributed by atoms with E-state index in [9.17, 15) is 19.8 Å². The number of ether oxygens (including phenoxy) is 2. The summed E-state index contributed by atoms with van der Waals surface area (Å²) in [7, 11) is 1.29. The lowest BCUT2D eigenvalue weighted by Gasteiger charge is -2.35. The van der Waals surface area contributed by atoms with Gasteiger partial charge in [0.05, 0.1) is 7.11 Å². The van der Waals surface area contributed by atoms with Crippen LogP contribution in [0.1, 0.15) is 18.1 Å². The first-order valence-corrected chi connectivity index (χ1v) is 7.32. The van der Waals surface area contributed by atoms with Gasteiger partial charge < -0.3 is 19.7 Å². The molecule has 0 bridgehead atoms. The number of phenols is 2. The van der Waals surface area contributed by atoms with E-state index in [1.54, 1.807) is 24.3 Å². The molecule has 124 valence electrons. The first-order valence-electron chi connectivity index (χ1n) is 7.32. The number of methoxy groups -OCH3 is 1. The molecule has 1 unspecified atom stereocenters. The first kappa shape index (κ1) is 15.9. The maximum atomic E-state index is 12.7. The van der Waals surface area contributed by atoms with E-state index in [4.69, 9.17) is 9.47 Å². The fraction of sp³-hybridized carbons (Fsp3) is 0.222. The molecule has 0 radical (unpaired) electrons. The summed E-state index contributed by atoms with van der Waals surface area (Å²) in [5.74, 6) is -1.83. The van der Waals surface area contributed by atoms with Gasteiger partial charge in [0, 0.05) is 12.0 Å². The van der Waals surface area contributed by atoms with Crippen LogP contribution >= 0.6 is 0 Å². The van der Waals surface area contributed by atoms with E-state index >= 15 is 0 Å². The van der Waals surface area contributed by atoms with E-state index in [1.165, 1.54) is 26.2 Å². The van der Waals surface area contributed by atoms with Crippen LogP contribution in [0.3, 0.4) is 0 Å². The highest BCUT2D eigenvalue weighted by Crippen LogP contribution is 2.47. The zero-order chi connectivity index (χ0) is 17.5. The van der Waals surface area contributed by atoms with Gasteiger partial charge in [-0.05, 0) is 30.7 Å². The molecule has 2 N–H and O–H groups in total. The highest BCUT2D eigenvalue weighted by Gasteiger charge is 2.52. The van der Waals surface area contributed by atoms with Crippen LogP contribution in [0.25, 0.3) is 0 Å². The molecule has 0 aromatic heterocycles. The number of carbonyl (C=O) groups excluding carboxylic acids is 2. The minimum Gasteiger partial charge on any atom is -0.504 e. The molecular weight excluding hydrogens is 312 g/mol. The van der Waals surface area contributed by atoms with Crippen LogP contribution in [0.15, 0.2) is 36.4 Å². The first-order chi connectivity index (χ1) is 11.4. The number of Topliss-reactive ketones (excluding diaryl/α,β-unsaturated/α-hetero) is 1. The molecule has 6 nitrogen and oxygen atoms in total. The summed E-state index contributed by atoms with van der Waals surface area (Å²) in [5.41, 5.74) is -0.792.